The van der Waals surface area contributed by atoms with Crippen molar-refractivity contribution in [3.63, 3.8) is 0 Å². The van der Waals surface area contributed by atoms with Gasteiger partial charge in [-0.2, -0.15) is 13.2 Å². The van der Waals surface area contributed by atoms with Crippen LogP contribution in [0.2, 0.25) is 0 Å². The third-order valence-electron chi connectivity index (χ3n) is 8.43. The van der Waals surface area contributed by atoms with Crippen molar-refractivity contribution >= 4 is 47.2 Å². The van der Waals surface area contributed by atoms with E-state index in [1.54, 1.807) is 13.8 Å². The number of benzene rings is 2. The Labute approximate surface area is 319 Å². The zero-order chi connectivity index (χ0) is 41.4. The molecular formula is C36H44F3N7O10. The summed E-state index contributed by atoms with van der Waals surface area (Å²) in [5, 5.41) is 20.8. The molecule has 3 atom stereocenters. The first-order valence-electron chi connectivity index (χ1n) is 17.6. The molecule has 1 aliphatic rings. The maximum atomic E-state index is 14.1. The third-order valence-corrected chi connectivity index (χ3v) is 8.43. The molecule has 17 nitrogen and oxygen atoms in total. The lowest BCUT2D eigenvalue weighted by Crippen LogP contribution is -2.58. The number of amides is 6. The van der Waals surface area contributed by atoms with Gasteiger partial charge in [0.05, 0.1) is 11.0 Å². The molecule has 6 N–H and O–H groups in total. The Bertz CT molecular complexity index is 1720. The number of alkyl halides is 3. The number of rotatable bonds is 21. The standard InChI is InChI=1S/C36H44F3N7O10/c1-22(2)31(44-28(36(37,38)39)8-4-3-5-20-45-29(47)17-18-30(45)48)33(50)43-27(7-6-19-41-34(40)51)32(49)42-24-11-9-23(10-12-24)21-55-35(52)56-26-15-13-25(14-16-26)46(53)54/h9-18,22,27-28,31,44H,3-8,19-21H2,1-2H3,(H,42,49)(H,43,50)(H3,40,41,51)/t27-,28-,31?/m0/s1. The van der Waals surface area contributed by atoms with Gasteiger partial charge in [-0.3, -0.25) is 39.5 Å². The van der Waals surface area contributed by atoms with Crippen LogP contribution in [0, 0.1) is 16.0 Å². The number of ether oxygens (including phenoxy) is 2. The number of urea groups is 1. The van der Waals surface area contributed by atoms with Crippen molar-refractivity contribution in [3.05, 3.63) is 76.4 Å². The first-order chi connectivity index (χ1) is 26.4. The molecule has 1 aliphatic heterocycles. The second-order valence-electron chi connectivity index (χ2n) is 13.1. The van der Waals surface area contributed by atoms with E-state index < -0.39 is 71.0 Å². The Balaban J connectivity index is 1.59. The number of hydrogen-bond donors (Lipinski definition) is 5. The van der Waals surface area contributed by atoms with Gasteiger partial charge in [-0.25, -0.2) is 9.59 Å². The van der Waals surface area contributed by atoms with Gasteiger partial charge >= 0.3 is 18.4 Å². The van der Waals surface area contributed by atoms with Crippen molar-refractivity contribution in [1.29, 1.82) is 0 Å². The van der Waals surface area contributed by atoms with Crippen LogP contribution >= 0.6 is 0 Å². The Morgan fingerprint density at radius 2 is 1.54 bits per heavy atom. The zero-order valence-electron chi connectivity index (χ0n) is 30.6. The van der Waals surface area contributed by atoms with Crippen LogP contribution in [0.4, 0.5) is 34.1 Å². The number of non-ortho nitro benzene ring substituents is 1. The van der Waals surface area contributed by atoms with E-state index in [0.717, 1.165) is 29.2 Å². The molecule has 304 valence electrons. The fraction of sp³-hybridized carbons (Fsp3) is 0.444. The Kier molecular flexibility index (Phi) is 16.7. The highest BCUT2D eigenvalue weighted by Gasteiger charge is 2.42. The van der Waals surface area contributed by atoms with E-state index in [1.165, 1.54) is 36.4 Å². The summed E-state index contributed by atoms with van der Waals surface area (Å²) in [5.41, 5.74) is 5.68. The average molecular weight is 792 g/mol. The Morgan fingerprint density at radius 1 is 0.893 bits per heavy atom. The summed E-state index contributed by atoms with van der Waals surface area (Å²) in [5.74, 6) is -3.12. The Hall–Kier alpha value is -6.05. The van der Waals surface area contributed by atoms with Gasteiger partial charge in [-0.15, -0.1) is 0 Å². The van der Waals surface area contributed by atoms with Gasteiger partial charge in [0.15, 0.2) is 0 Å². The lowest BCUT2D eigenvalue weighted by Gasteiger charge is -2.30. The highest BCUT2D eigenvalue weighted by atomic mass is 19.4. The summed E-state index contributed by atoms with van der Waals surface area (Å²) in [6.07, 6.45) is -3.10. The van der Waals surface area contributed by atoms with Crippen LogP contribution in [-0.4, -0.2) is 83.0 Å². The molecule has 20 heteroatoms. The van der Waals surface area contributed by atoms with Crippen molar-refractivity contribution in [2.75, 3.05) is 18.4 Å². The molecule has 0 fully saturated rings. The summed E-state index contributed by atoms with van der Waals surface area (Å²) in [6, 6.07) is 5.30. The van der Waals surface area contributed by atoms with Crippen molar-refractivity contribution < 1.29 is 56.3 Å². The number of imide groups is 1. The van der Waals surface area contributed by atoms with Gasteiger partial charge in [0.25, 0.3) is 17.5 Å². The minimum atomic E-state index is -4.72. The lowest BCUT2D eigenvalue weighted by atomic mass is 9.99. The molecule has 1 unspecified atom stereocenters. The average Bonchev–Trinajstić information content (AvgIpc) is 3.45. The van der Waals surface area contributed by atoms with Crippen LogP contribution in [0.1, 0.15) is 57.9 Å². The quantitative estimate of drug-likeness (QED) is 0.0300. The molecule has 6 amide bonds. The van der Waals surface area contributed by atoms with Crippen LogP contribution in [-0.2, 0) is 30.5 Å². The highest BCUT2D eigenvalue weighted by Crippen LogP contribution is 2.26. The number of nitrogens with one attached hydrogen (secondary N) is 4. The van der Waals surface area contributed by atoms with Crippen molar-refractivity contribution in [2.45, 2.75) is 83.3 Å². The van der Waals surface area contributed by atoms with Crippen LogP contribution < -0.4 is 31.7 Å². The third kappa shape index (κ3) is 14.6. The predicted octanol–water partition coefficient (Wildman–Crippen LogP) is 4.21. The first-order valence-corrected chi connectivity index (χ1v) is 17.6. The summed E-state index contributed by atoms with van der Waals surface area (Å²) in [4.78, 5) is 84.7. The molecule has 0 aromatic heterocycles. The first kappa shape index (κ1) is 44.3. The van der Waals surface area contributed by atoms with E-state index in [1.807, 2.05) is 0 Å². The minimum absolute atomic E-state index is 0.0221. The van der Waals surface area contributed by atoms with Crippen LogP contribution in [0.25, 0.3) is 0 Å². The van der Waals surface area contributed by atoms with Crippen molar-refractivity contribution in [3.8, 4) is 5.75 Å². The van der Waals surface area contributed by atoms with E-state index in [4.69, 9.17) is 15.2 Å². The number of halogens is 3. The number of hydrogen-bond acceptors (Lipinski definition) is 11. The largest absolute Gasteiger partial charge is 0.514 e. The molecule has 2 aromatic rings. The lowest BCUT2D eigenvalue weighted by molar-refractivity contribution is -0.384. The molecular weight excluding hydrogens is 747 g/mol. The maximum Gasteiger partial charge on any atom is 0.514 e. The second-order valence-corrected chi connectivity index (χ2v) is 13.1. The number of carbonyl (C=O) groups excluding carboxylic acids is 6. The molecule has 0 saturated heterocycles. The summed E-state index contributed by atoms with van der Waals surface area (Å²) < 4.78 is 52.5. The van der Waals surface area contributed by atoms with E-state index in [2.05, 4.69) is 21.3 Å². The number of anilines is 1. The number of nitrogens with two attached hydrogens (primary N) is 1. The molecule has 0 saturated carbocycles. The predicted molar refractivity (Wildman–Crippen MR) is 194 cm³/mol. The Morgan fingerprint density at radius 3 is 2.11 bits per heavy atom. The van der Waals surface area contributed by atoms with E-state index >= 15 is 0 Å². The molecule has 0 aliphatic carbocycles. The molecule has 0 spiro atoms. The maximum absolute atomic E-state index is 14.1. The topological polar surface area (TPSA) is 241 Å². The highest BCUT2D eigenvalue weighted by molar-refractivity contribution is 6.12. The van der Waals surface area contributed by atoms with Gasteiger partial charge in [0.1, 0.15) is 24.4 Å². The van der Waals surface area contributed by atoms with Crippen molar-refractivity contribution in [1.82, 2.24) is 20.9 Å². The molecule has 0 radical (unpaired) electrons. The molecule has 1 heterocycles. The van der Waals surface area contributed by atoms with E-state index in [0.29, 0.717) is 12.0 Å². The fourth-order valence-electron chi connectivity index (χ4n) is 5.44. The van der Waals surface area contributed by atoms with Gasteiger partial charge in [-0.05, 0) is 61.4 Å². The van der Waals surface area contributed by atoms with Crippen molar-refractivity contribution in [2.24, 2.45) is 11.7 Å². The summed E-state index contributed by atoms with van der Waals surface area (Å²) in [6.45, 7) is 3.00. The summed E-state index contributed by atoms with van der Waals surface area (Å²) in [7, 11) is 0. The van der Waals surface area contributed by atoms with Gasteiger partial charge < -0.3 is 31.2 Å². The molecule has 0 bridgehead atoms. The number of primary amides is 1. The van der Waals surface area contributed by atoms with E-state index in [-0.39, 0.29) is 68.9 Å². The number of nitro groups is 1. The number of nitrogens with zero attached hydrogens (tertiary/aromatic N) is 2. The molecule has 3 rings (SSSR count). The zero-order valence-corrected chi connectivity index (χ0v) is 30.6. The monoisotopic (exact) mass is 791 g/mol. The van der Waals surface area contributed by atoms with Crippen LogP contribution in [0.3, 0.4) is 0 Å². The minimum Gasteiger partial charge on any atom is -0.429 e. The number of unbranched alkanes of at least 4 members (excludes halogenated alkanes) is 2. The van der Waals surface area contributed by atoms with Gasteiger partial charge in [0.2, 0.25) is 11.8 Å². The fourth-order valence-corrected chi connectivity index (χ4v) is 5.44. The normalized spacial score (nSPS) is 14.2. The van der Waals surface area contributed by atoms with Crippen LogP contribution in [0.5, 0.6) is 5.75 Å². The number of carbonyl (C=O) groups is 6. The summed E-state index contributed by atoms with van der Waals surface area (Å²) >= 11 is 0. The van der Waals surface area contributed by atoms with E-state index in [9.17, 15) is 52.1 Å². The molecule has 2 aromatic carbocycles. The second kappa shape index (κ2) is 21.1. The number of nitro benzene ring substituents is 1. The van der Waals surface area contributed by atoms with Gasteiger partial charge in [-0.1, -0.05) is 38.8 Å². The SMILES string of the molecule is CC(C)C(N[C@@H](CCCCCN1C(=O)C=CC1=O)C(F)(F)F)C(=O)N[C@@H](CCCNC(N)=O)C(=O)Nc1ccc(COC(=O)Oc2ccc([N+](=O)[O-])cc2)cc1. The molecule has 56 heavy (non-hydrogen) atoms. The smallest absolute Gasteiger partial charge is 0.429 e. The van der Waals surface area contributed by atoms with Crippen LogP contribution in [0.15, 0.2) is 60.7 Å². The van der Waals surface area contributed by atoms with Gasteiger partial charge in [0, 0.05) is 43.1 Å².